The first-order valence-corrected chi connectivity index (χ1v) is 6.85. The molecule has 1 heterocycles. The lowest BCUT2D eigenvalue weighted by molar-refractivity contribution is -0.126. The number of nitrogens with one attached hydrogen (secondary N) is 2. The van der Waals surface area contributed by atoms with Crippen molar-refractivity contribution < 1.29 is 14.3 Å². The molecule has 108 valence electrons. The molecule has 2 unspecified atom stereocenters. The number of amides is 2. The molecule has 0 radical (unpaired) electrons. The molecule has 2 rings (SSSR count). The molecule has 1 aromatic carbocycles. The van der Waals surface area contributed by atoms with Gasteiger partial charge in [-0.2, -0.15) is 0 Å². The topological polar surface area (TPSA) is 67.4 Å². The minimum atomic E-state index is -0.440. The molecule has 1 aliphatic rings. The minimum absolute atomic E-state index is 0.193. The van der Waals surface area contributed by atoms with Gasteiger partial charge in [0.1, 0.15) is 6.10 Å². The fraction of sp³-hybridized carbons (Fsp3) is 0.429. The van der Waals surface area contributed by atoms with E-state index < -0.39 is 6.10 Å². The Morgan fingerprint density at radius 3 is 2.70 bits per heavy atom. The highest BCUT2D eigenvalue weighted by atomic mass is 35.5. The van der Waals surface area contributed by atoms with E-state index in [0.29, 0.717) is 22.9 Å². The molecule has 2 amide bonds. The van der Waals surface area contributed by atoms with Crippen LogP contribution in [-0.4, -0.2) is 31.6 Å². The summed E-state index contributed by atoms with van der Waals surface area (Å²) in [6, 6.07) is 4.75. The van der Waals surface area contributed by atoms with E-state index in [2.05, 4.69) is 10.6 Å². The second-order valence-corrected chi connectivity index (χ2v) is 5.23. The summed E-state index contributed by atoms with van der Waals surface area (Å²) in [5.41, 5.74) is 0.924. The van der Waals surface area contributed by atoms with Crippen LogP contribution in [0.4, 0.5) is 5.69 Å². The third kappa shape index (κ3) is 3.11. The number of carbonyl (C=O) groups excluding carboxylic acids is 2. The number of rotatable bonds is 3. The van der Waals surface area contributed by atoms with E-state index in [-0.39, 0.29) is 17.7 Å². The van der Waals surface area contributed by atoms with Crippen LogP contribution in [0.1, 0.15) is 23.7 Å². The van der Waals surface area contributed by atoms with Crippen molar-refractivity contribution in [2.45, 2.75) is 19.4 Å². The number of hydrogen-bond acceptors (Lipinski definition) is 3. The number of hydrogen-bond donors (Lipinski definition) is 2. The number of benzene rings is 1. The summed E-state index contributed by atoms with van der Waals surface area (Å²) < 4.78 is 5.40. The van der Waals surface area contributed by atoms with Crippen LogP contribution in [0.15, 0.2) is 18.2 Å². The van der Waals surface area contributed by atoms with Crippen LogP contribution in [0.5, 0.6) is 0 Å². The molecular formula is C14H17ClN2O3. The SMILES string of the molecule is CNC(=O)c1ccc(NC(=O)C2OCCC2C)c(Cl)c1. The van der Waals surface area contributed by atoms with Crippen LogP contribution in [0.2, 0.25) is 5.02 Å². The molecule has 1 aliphatic heterocycles. The highest BCUT2D eigenvalue weighted by Crippen LogP contribution is 2.26. The summed E-state index contributed by atoms with van der Waals surface area (Å²) >= 11 is 6.08. The summed E-state index contributed by atoms with van der Waals surface area (Å²) in [5, 5.41) is 5.58. The van der Waals surface area contributed by atoms with E-state index in [1.165, 1.54) is 6.07 Å². The second-order valence-electron chi connectivity index (χ2n) is 4.82. The Kier molecular flexibility index (Phi) is 4.62. The van der Waals surface area contributed by atoms with Gasteiger partial charge < -0.3 is 15.4 Å². The molecule has 2 atom stereocenters. The molecular weight excluding hydrogens is 280 g/mol. The minimum Gasteiger partial charge on any atom is -0.368 e. The summed E-state index contributed by atoms with van der Waals surface area (Å²) in [7, 11) is 1.55. The fourth-order valence-corrected chi connectivity index (χ4v) is 2.36. The van der Waals surface area contributed by atoms with Crippen LogP contribution in [0, 0.1) is 5.92 Å². The maximum absolute atomic E-state index is 12.1. The van der Waals surface area contributed by atoms with Crippen LogP contribution < -0.4 is 10.6 Å². The summed E-state index contributed by atoms with van der Waals surface area (Å²) in [6.07, 6.45) is 0.436. The molecule has 0 saturated carbocycles. The molecule has 0 bridgehead atoms. The summed E-state index contributed by atoms with van der Waals surface area (Å²) in [6.45, 7) is 2.58. The molecule has 6 heteroatoms. The zero-order chi connectivity index (χ0) is 14.7. The van der Waals surface area contributed by atoms with E-state index in [1.807, 2.05) is 6.92 Å². The van der Waals surface area contributed by atoms with Crippen molar-refractivity contribution in [1.82, 2.24) is 5.32 Å². The summed E-state index contributed by atoms with van der Waals surface area (Å²) in [4.78, 5) is 23.6. The van der Waals surface area contributed by atoms with E-state index in [9.17, 15) is 9.59 Å². The average Bonchev–Trinajstić information content (AvgIpc) is 2.86. The third-order valence-corrected chi connectivity index (χ3v) is 3.67. The predicted molar refractivity (Wildman–Crippen MR) is 77.0 cm³/mol. The molecule has 1 aromatic rings. The highest BCUT2D eigenvalue weighted by Gasteiger charge is 2.31. The Morgan fingerprint density at radius 2 is 2.15 bits per heavy atom. The van der Waals surface area contributed by atoms with Crippen molar-refractivity contribution in [1.29, 1.82) is 0 Å². The van der Waals surface area contributed by atoms with Crippen molar-refractivity contribution >= 4 is 29.1 Å². The molecule has 0 spiro atoms. The first kappa shape index (κ1) is 14.8. The van der Waals surface area contributed by atoms with Crippen LogP contribution in [-0.2, 0) is 9.53 Å². The van der Waals surface area contributed by atoms with Crippen LogP contribution >= 0.6 is 11.6 Å². The van der Waals surface area contributed by atoms with Gasteiger partial charge in [0.25, 0.3) is 11.8 Å². The normalized spacial score (nSPS) is 21.6. The van der Waals surface area contributed by atoms with Gasteiger partial charge in [-0.3, -0.25) is 9.59 Å². The lowest BCUT2D eigenvalue weighted by Gasteiger charge is -2.15. The molecule has 0 aliphatic carbocycles. The Hall–Kier alpha value is -1.59. The zero-order valence-electron chi connectivity index (χ0n) is 11.4. The Labute approximate surface area is 122 Å². The number of carbonyl (C=O) groups is 2. The maximum Gasteiger partial charge on any atom is 0.253 e. The summed E-state index contributed by atoms with van der Waals surface area (Å²) in [5.74, 6) is -0.235. The van der Waals surface area contributed by atoms with Gasteiger partial charge in [-0.05, 0) is 30.5 Å². The zero-order valence-corrected chi connectivity index (χ0v) is 12.2. The van der Waals surface area contributed by atoms with Gasteiger partial charge in [0, 0.05) is 19.2 Å². The lowest BCUT2D eigenvalue weighted by Crippen LogP contribution is -2.31. The Morgan fingerprint density at radius 1 is 1.40 bits per heavy atom. The van der Waals surface area contributed by atoms with Crippen molar-refractivity contribution in [3.8, 4) is 0 Å². The quantitative estimate of drug-likeness (QED) is 0.897. The smallest absolute Gasteiger partial charge is 0.253 e. The van der Waals surface area contributed by atoms with Crippen molar-refractivity contribution in [2.24, 2.45) is 5.92 Å². The monoisotopic (exact) mass is 296 g/mol. The van der Waals surface area contributed by atoms with Gasteiger partial charge in [-0.15, -0.1) is 0 Å². The maximum atomic E-state index is 12.1. The molecule has 5 nitrogen and oxygen atoms in total. The predicted octanol–water partition coefficient (Wildman–Crippen LogP) is 2.06. The van der Waals surface area contributed by atoms with Crippen LogP contribution in [0.3, 0.4) is 0 Å². The Balaban J connectivity index is 2.10. The molecule has 0 aromatic heterocycles. The largest absolute Gasteiger partial charge is 0.368 e. The van der Waals surface area contributed by atoms with Gasteiger partial charge in [0.15, 0.2) is 0 Å². The number of ether oxygens (including phenoxy) is 1. The van der Waals surface area contributed by atoms with E-state index in [4.69, 9.17) is 16.3 Å². The van der Waals surface area contributed by atoms with E-state index in [0.717, 1.165) is 6.42 Å². The lowest BCUT2D eigenvalue weighted by atomic mass is 10.0. The fourth-order valence-electron chi connectivity index (χ4n) is 2.14. The van der Waals surface area contributed by atoms with Gasteiger partial charge in [0.05, 0.1) is 10.7 Å². The molecule has 1 fully saturated rings. The van der Waals surface area contributed by atoms with Crippen LogP contribution in [0.25, 0.3) is 0 Å². The second kappa shape index (κ2) is 6.24. The molecule has 20 heavy (non-hydrogen) atoms. The standard InChI is InChI=1S/C14H17ClN2O3/c1-8-5-6-20-12(8)14(19)17-11-4-3-9(7-10(11)15)13(18)16-2/h3-4,7-8,12H,5-6H2,1-2H3,(H,16,18)(H,17,19). The van der Waals surface area contributed by atoms with Gasteiger partial charge in [-0.1, -0.05) is 18.5 Å². The van der Waals surface area contributed by atoms with E-state index >= 15 is 0 Å². The van der Waals surface area contributed by atoms with Crippen molar-refractivity contribution in [3.05, 3.63) is 28.8 Å². The number of halogens is 1. The van der Waals surface area contributed by atoms with Gasteiger partial charge in [0.2, 0.25) is 0 Å². The first-order valence-electron chi connectivity index (χ1n) is 6.47. The Bertz CT molecular complexity index is 533. The first-order chi connectivity index (χ1) is 9.52. The highest BCUT2D eigenvalue weighted by molar-refractivity contribution is 6.34. The molecule has 2 N–H and O–H groups in total. The number of anilines is 1. The molecule has 1 saturated heterocycles. The average molecular weight is 297 g/mol. The van der Waals surface area contributed by atoms with Gasteiger partial charge >= 0.3 is 0 Å². The third-order valence-electron chi connectivity index (χ3n) is 3.36. The van der Waals surface area contributed by atoms with E-state index in [1.54, 1.807) is 19.2 Å². The van der Waals surface area contributed by atoms with Gasteiger partial charge in [-0.25, -0.2) is 0 Å². The van der Waals surface area contributed by atoms with Crippen molar-refractivity contribution in [2.75, 3.05) is 19.0 Å². The van der Waals surface area contributed by atoms with Crippen molar-refractivity contribution in [3.63, 3.8) is 0 Å².